The van der Waals surface area contributed by atoms with Crippen LogP contribution in [0.2, 0.25) is 0 Å². The molecule has 0 spiro atoms. The van der Waals surface area contributed by atoms with Gasteiger partial charge in [0.1, 0.15) is 10.0 Å². The van der Waals surface area contributed by atoms with Gasteiger partial charge < -0.3 is 9.97 Å². The third kappa shape index (κ3) is 6.15. The van der Waals surface area contributed by atoms with Gasteiger partial charge in [-0.2, -0.15) is 0 Å². The van der Waals surface area contributed by atoms with E-state index in [-0.39, 0.29) is 34.5 Å². The van der Waals surface area contributed by atoms with Crippen LogP contribution < -0.4 is 35.3 Å². The van der Waals surface area contributed by atoms with Crippen molar-refractivity contribution in [1.29, 1.82) is 0 Å². The number of rotatable bonds is 2. The van der Waals surface area contributed by atoms with E-state index in [4.69, 9.17) is 17.5 Å². The summed E-state index contributed by atoms with van der Waals surface area (Å²) >= 11 is 4.90. The Labute approximate surface area is 171 Å². The fourth-order valence-corrected chi connectivity index (χ4v) is 3.27. The molecule has 2 aromatic carbocycles. The van der Waals surface area contributed by atoms with E-state index >= 15 is 0 Å². The summed E-state index contributed by atoms with van der Waals surface area (Å²) in [5.74, 6) is 0. The van der Waals surface area contributed by atoms with Gasteiger partial charge in [0.05, 0.1) is 0 Å². The third-order valence-electron chi connectivity index (χ3n) is 3.79. The van der Waals surface area contributed by atoms with E-state index in [1.807, 2.05) is 6.92 Å². The van der Waals surface area contributed by atoms with Gasteiger partial charge in [-0.25, -0.2) is 8.42 Å². The SMILES string of the molecule is Cc1ccc(S(=O)(=O)[N-]Cl)cc1.NC1CCc2ccccc2C1.[Na+]. The van der Waals surface area contributed by atoms with Crippen molar-refractivity contribution in [3.8, 4) is 0 Å². The Kier molecular flexibility index (Phi) is 8.95. The van der Waals surface area contributed by atoms with Crippen LogP contribution >= 0.6 is 11.8 Å². The molecular weight excluding hydrogens is 355 g/mol. The summed E-state index contributed by atoms with van der Waals surface area (Å²) in [5.41, 5.74) is 9.78. The second kappa shape index (κ2) is 9.92. The summed E-state index contributed by atoms with van der Waals surface area (Å²) in [4.78, 5) is 0.114. The van der Waals surface area contributed by atoms with Crippen LogP contribution in [0, 0.1) is 6.92 Å². The first-order valence-corrected chi connectivity index (χ1v) is 9.17. The Morgan fingerprint density at radius 2 is 1.67 bits per heavy atom. The molecule has 2 N–H and O–H groups in total. The van der Waals surface area contributed by atoms with E-state index in [2.05, 4.69) is 28.5 Å². The van der Waals surface area contributed by atoms with E-state index in [9.17, 15) is 8.42 Å². The topological polar surface area (TPSA) is 74.3 Å². The molecule has 24 heavy (non-hydrogen) atoms. The average molecular weight is 375 g/mol. The number of hydrogen-bond donors (Lipinski definition) is 1. The standard InChI is InChI=1S/C10H13N.C7H7ClNO2S.Na/c11-10-6-5-8-3-1-2-4-9(8)7-10;1-6-2-4-7(5-3-6)12(10,11)9-8;/h1-4,10H,5-7,11H2;2-5H,1H3;/q;-1;+1. The molecule has 1 aliphatic rings. The molecule has 7 heteroatoms. The number of benzene rings is 2. The molecule has 0 saturated heterocycles. The van der Waals surface area contributed by atoms with Gasteiger partial charge in [-0.15, -0.1) is 0 Å². The molecule has 2 aromatic rings. The molecule has 0 heterocycles. The quantitative estimate of drug-likeness (QED) is 0.787. The molecule has 1 unspecified atom stereocenters. The number of nitrogens with zero attached hydrogens (tertiary/aromatic N) is 1. The summed E-state index contributed by atoms with van der Waals surface area (Å²) in [5, 5.41) is 0. The van der Waals surface area contributed by atoms with E-state index in [0.29, 0.717) is 6.04 Å². The molecule has 0 radical (unpaired) electrons. The number of hydrogen-bond acceptors (Lipinski definition) is 3. The van der Waals surface area contributed by atoms with E-state index in [1.165, 1.54) is 23.3 Å². The summed E-state index contributed by atoms with van der Waals surface area (Å²) in [6.45, 7) is 1.87. The first-order chi connectivity index (χ1) is 10.9. The van der Waals surface area contributed by atoms with Crippen LogP contribution in [-0.2, 0) is 22.9 Å². The predicted molar refractivity (Wildman–Crippen MR) is 94.0 cm³/mol. The van der Waals surface area contributed by atoms with Crippen molar-refractivity contribution < 1.29 is 38.0 Å². The molecule has 124 valence electrons. The second-order valence-electron chi connectivity index (χ2n) is 5.63. The predicted octanol–water partition coefficient (Wildman–Crippen LogP) is 0.718. The van der Waals surface area contributed by atoms with Gasteiger partial charge in [-0.1, -0.05) is 42.0 Å². The number of nitrogens with two attached hydrogens (primary N) is 1. The van der Waals surface area contributed by atoms with E-state index in [1.54, 1.807) is 12.1 Å². The first kappa shape index (κ1) is 21.6. The Bertz CT molecular complexity index is 751. The summed E-state index contributed by atoms with van der Waals surface area (Å²) < 4.78 is 24.8. The van der Waals surface area contributed by atoms with E-state index < -0.39 is 10.0 Å². The molecular formula is C17H20ClN2NaO2S. The smallest absolute Gasteiger partial charge is 0.458 e. The van der Waals surface area contributed by atoms with Crippen LogP contribution in [0.3, 0.4) is 0 Å². The summed E-state index contributed by atoms with van der Waals surface area (Å²) in [6, 6.07) is 15.3. The van der Waals surface area contributed by atoms with Crippen LogP contribution in [0.15, 0.2) is 53.4 Å². The molecule has 0 fully saturated rings. The molecule has 1 atom stereocenters. The Morgan fingerprint density at radius 3 is 2.25 bits per heavy atom. The Morgan fingerprint density at radius 1 is 1.08 bits per heavy atom. The maximum Gasteiger partial charge on any atom is 1.00 e. The molecule has 3 rings (SSSR count). The zero-order valence-corrected chi connectivity index (χ0v) is 17.5. The van der Waals surface area contributed by atoms with Gasteiger partial charge in [0.2, 0.25) is 0 Å². The van der Waals surface area contributed by atoms with Gasteiger partial charge in [-0.3, -0.25) is 11.8 Å². The normalized spacial score (nSPS) is 16.2. The molecule has 0 saturated carbocycles. The van der Waals surface area contributed by atoms with Crippen molar-refractivity contribution in [1.82, 2.24) is 0 Å². The van der Waals surface area contributed by atoms with Crippen molar-refractivity contribution in [2.24, 2.45) is 5.73 Å². The molecule has 0 bridgehead atoms. The minimum atomic E-state index is -3.62. The number of sulfonamides is 1. The van der Waals surface area contributed by atoms with Crippen molar-refractivity contribution in [3.05, 3.63) is 69.5 Å². The minimum Gasteiger partial charge on any atom is -0.458 e. The third-order valence-corrected chi connectivity index (χ3v) is 5.39. The van der Waals surface area contributed by atoms with Crippen LogP contribution in [0.5, 0.6) is 0 Å². The van der Waals surface area contributed by atoms with Crippen LogP contribution in [0.4, 0.5) is 0 Å². The maximum absolute atomic E-state index is 11.0. The van der Waals surface area contributed by atoms with Crippen molar-refractivity contribution >= 4 is 21.8 Å². The zero-order valence-electron chi connectivity index (χ0n) is 13.9. The fraction of sp³-hybridized carbons (Fsp3) is 0.294. The van der Waals surface area contributed by atoms with E-state index in [0.717, 1.165) is 24.8 Å². The fourth-order valence-electron chi connectivity index (χ4n) is 2.48. The minimum absolute atomic E-state index is 0. The van der Waals surface area contributed by atoms with Crippen LogP contribution in [0.1, 0.15) is 23.1 Å². The molecule has 0 aliphatic heterocycles. The van der Waals surface area contributed by atoms with Gasteiger partial charge in [0.15, 0.2) is 0 Å². The van der Waals surface area contributed by atoms with Crippen molar-refractivity contribution in [2.45, 2.75) is 37.1 Å². The molecule has 0 aromatic heterocycles. The largest absolute Gasteiger partial charge is 1.00 e. The Balaban J connectivity index is 0.000000231. The van der Waals surface area contributed by atoms with Crippen molar-refractivity contribution in [3.63, 3.8) is 0 Å². The van der Waals surface area contributed by atoms with Crippen LogP contribution in [0.25, 0.3) is 4.24 Å². The first-order valence-electron chi connectivity index (χ1n) is 7.39. The summed E-state index contributed by atoms with van der Waals surface area (Å²) in [7, 11) is -3.62. The zero-order chi connectivity index (χ0) is 16.9. The van der Waals surface area contributed by atoms with Gasteiger partial charge in [-0.05, 0) is 49.4 Å². The average Bonchev–Trinajstić information content (AvgIpc) is 2.56. The number of halogens is 1. The second-order valence-corrected chi connectivity index (χ2v) is 7.60. The van der Waals surface area contributed by atoms with Crippen molar-refractivity contribution in [2.75, 3.05) is 0 Å². The number of fused-ring (bicyclic) bond motifs is 1. The van der Waals surface area contributed by atoms with Gasteiger partial charge in [0, 0.05) is 10.9 Å². The molecule has 1 aliphatic carbocycles. The van der Waals surface area contributed by atoms with Gasteiger partial charge >= 0.3 is 29.6 Å². The Hall–Kier alpha value is -0.400. The maximum atomic E-state index is 11.0. The molecule has 4 nitrogen and oxygen atoms in total. The molecule has 0 amide bonds. The number of aryl methyl sites for hydroxylation is 2. The summed E-state index contributed by atoms with van der Waals surface area (Å²) in [6.07, 6.45) is 3.38. The monoisotopic (exact) mass is 374 g/mol. The van der Waals surface area contributed by atoms with Crippen LogP contribution in [-0.4, -0.2) is 14.5 Å². The van der Waals surface area contributed by atoms with Gasteiger partial charge in [0.25, 0.3) is 0 Å².